The molecule has 2 rings (SSSR count). The van der Waals surface area contributed by atoms with Crippen molar-refractivity contribution in [1.29, 1.82) is 0 Å². The van der Waals surface area contributed by atoms with Crippen LogP contribution in [0.3, 0.4) is 0 Å². The van der Waals surface area contributed by atoms with E-state index in [2.05, 4.69) is 19.2 Å². The average Bonchev–Trinajstić information content (AvgIpc) is 2.88. The van der Waals surface area contributed by atoms with Crippen molar-refractivity contribution in [2.45, 2.75) is 45.4 Å². The van der Waals surface area contributed by atoms with Gasteiger partial charge in [-0.15, -0.1) is 0 Å². The van der Waals surface area contributed by atoms with E-state index < -0.39 is 0 Å². The van der Waals surface area contributed by atoms with Crippen LogP contribution in [0.1, 0.15) is 32.3 Å². The van der Waals surface area contributed by atoms with E-state index in [0.29, 0.717) is 17.7 Å². The maximum Gasteiger partial charge on any atom is 0.138 e. The Labute approximate surface area is 120 Å². The van der Waals surface area contributed by atoms with E-state index >= 15 is 0 Å². The Morgan fingerprint density at radius 2 is 2.32 bits per heavy atom. The zero-order valence-electron chi connectivity index (χ0n) is 11.6. The normalized spacial score (nSPS) is 19.1. The Kier molecular flexibility index (Phi) is 5.49. The van der Waals surface area contributed by atoms with Crippen molar-refractivity contribution < 1.29 is 9.47 Å². The van der Waals surface area contributed by atoms with Gasteiger partial charge in [-0.3, -0.25) is 0 Å². The van der Waals surface area contributed by atoms with Gasteiger partial charge in [0.2, 0.25) is 0 Å². The first kappa shape index (κ1) is 14.6. The summed E-state index contributed by atoms with van der Waals surface area (Å²) in [5.41, 5.74) is 1.17. The van der Waals surface area contributed by atoms with E-state index in [9.17, 15) is 0 Å². The molecule has 1 heterocycles. The third-order valence-corrected chi connectivity index (χ3v) is 3.45. The largest absolute Gasteiger partial charge is 0.489 e. The molecule has 0 aliphatic carbocycles. The second-order valence-electron chi connectivity index (χ2n) is 5.25. The van der Waals surface area contributed by atoms with Gasteiger partial charge in [0, 0.05) is 19.2 Å². The van der Waals surface area contributed by atoms with Crippen LogP contribution < -0.4 is 10.1 Å². The van der Waals surface area contributed by atoms with Crippen LogP contribution in [0.5, 0.6) is 5.75 Å². The van der Waals surface area contributed by atoms with E-state index in [1.807, 2.05) is 18.2 Å². The van der Waals surface area contributed by atoms with E-state index in [1.165, 1.54) is 5.56 Å². The Morgan fingerprint density at radius 3 is 2.95 bits per heavy atom. The molecule has 0 bridgehead atoms. The molecule has 0 saturated carbocycles. The molecule has 1 saturated heterocycles. The van der Waals surface area contributed by atoms with Crippen molar-refractivity contribution in [3.05, 3.63) is 28.8 Å². The Hall–Kier alpha value is -0.770. The SMILES string of the molecule is CC(C)NCc1ccc(OCC2CCCO2)c(Cl)c1. The molecule has 0 amide bonds. The van der Waals surface area contributed by atoms with Gasteiger partial charge in [0.05, 0.1) is 11.1 Å². The third kappa shape index (κ3) is 4.68. The summed E-state index contributed by atoms with van der Waals surface area (Å²) < 4.78 is 11.2. The number of hydrogen-bond donors (Lipinski definition) is 1. The maximum absolute atomic E-state index is 6.24. The number of nitrogens with one attached hydrogen (secondary N) is 1. The summed E-state index contributed by atoms with van der Waals surface area (Å²) in [5, 5.41) is 4.03. The first-order valence-electron chi connectivity index (χ1n) is 6.91. The van der Waals surface area contributed by atoms with E-state index in [1.54, 1.807) is 0 Å². The lowest BCUT2D eigenvalue weighted by atomic mass is 10.2. The van der Waals surface area contributed by atoms with Crippen molar-refractivity contribution in [3.8, 4) is 5.75 Å². The highest BCUT2D eigenvalue weighted by Gasteiger charge is 2.16. The fraction of sp³-hybridized carbons (Fsp3) is 0.600. The summed E-state index contributed by atoms with van der Waals surface area (Å²) in [4.78, 5) is 0. The number of hydrogen-bond acceptors (Lipinski definition) is 3. The van der Waals surface area contributed by atoms with Crippen LogP contribution in [-0.4, -0.2) is 25.4 Å². The highest BCUT2D eigenvalue weighted by atomic mass is 35.5. The highest BCUT2D eigenvalue weighted by molar-refractivity contribution is 6.32. The van der Waals surface area contributed by atoms with Gasteiger partial charge in [0.25, 0.3) is 0 Å². The van der Waals surface area contributed by atoms with Gasteiger partial charge >= 0.3 is 0 Å². The minimum absolute atomic E-state index is 0.221. The molecule has 0 spiro atoms. The molecule has 1 aromatic carbocycles. The average molecular weight is 284 g/mol. The number of halogens is 1. The molecule has 0 radical (unpaired) electrons. The summed E-state index contributed by atoms with van der Waals surface area (Å²) >= 11 is 6.24. The first-order valence-corrected chi connectivity index (χ1v) is 7.29. The van der Waals surface area contributed by atoms with Crippen LogP contribution in [0.15, 0.2) is 18.2 Å². The molecule has 1 N–H and O–H groups in total. The zero-order valence-corrected chi connectivity index (χ0v) is 12.4. The van der Waals surface area contributed by atoms with Crippen molar-refractivity contribution >= 4 is 11.6 Å². The molecule has 1 aliphatic rings. The zero-order chi connectivity index (χ0) is 13.7. The first-order chi connectivity index (χ1) is 9.15. The Bertz CT molecular complexity index is 403. The Balaban J connectivity index is 1.87. The quantitative estimate of drug-likeness (QED) is 0.868. The van der Waals surface area contributed by atoms with Crippen LogP contribution >= 0.6 is 11.6 Å². The van der Waals surface area contributed by atoms with Crippen LogP contribution in [-0.2, 0) is 11.3 Å². The molecule has 19 heavy (non-hydrogen) atoms. The standard InChI is InChI=1S/C15H22ClNO2/c1-11(2)17-9-12-5-6-15(14(16)8-12)19-10-13-4-3-7-18-13/h5-6,8,11,13,17H,3-4,7,9-10H2,1-2H3. The highest BCUT2D eigenvalue weighted by Crippen LogP contribution is 2.26. The minimum atomic E-state index is 0.221. The van der Waals surface area contributed by atoms with E-state index in [4.69, 9.17) is 21.1 Å². The van der Waals surface area contributed by atoms with Gasteiger partial charge in [-0.05, 0) is 30.5 Å². The smallest absolute Gasteiger partial charge is 0.138 e. The lowest BCUT2D eigenvalue weighted by Gasteiger charge is -2.14. The predicted molar refractivity (Wildman–Crippen MR) is 77.9 cm³/mol. The topological polar surface area (TPSA) is 30.5 Å². The lowest BCUT2D eigenvalue weighted by molar-refractivity contribution is 0.0680. The minimum Gasteiger partial charge on any atom is -0.489 e. The Morgan fingerprint density at radius 1 is 1.47 bits per heavy atom. The van der Waals surface area contributed by atoms with Gasteiger partial charge in [0.15, 0.2) is 0 Å². The predicted octanol–water partition coefficient (Wildman–Crippen LogP) is 3.40. The fourth-order valence-electron chi connectivity index (χ4n) is 2.05. The van der Waals surface area contributed by atoms with Crippen molar-refractivity contribution in [2.24, 2.45) is 0 Å². The molecular formula is C15H22ClNO2. The van der Waals surface area contributed by atoms with Crippen molar-refractivity contribution in [2.75, 3.05) is 13.2 Å². The molecular weight excluding hydrogens is 262 g/mol. The summed E-state index contributed by atoms with van der Waals surface area (Å²) in [5.74, 6) is 0.741. The van der Waals surface area contributed by atoms with E-state index in [-0.39, 0.29) is 6.10 Å². The van der Waals surface area contributed by atoms with Crippen LogP contribution in [0.2, 0.25) is 5.02 Å². The third-order valence-electron chi connectivity index (χ3n) is 3.16. The summed E-state index contributed by atoms with van der Waals surface area (Å²) in [7, 11) is 0. The van der Waals surface area contributed by atoms with Crippen molar-refractivity contribution in [3.63, 3.8) is 0 Å². The van der Waals surface area contributed by atoms with Gasteiger partial charge in [0.1, 0.15) is 12.4 Å². The monoisotopic (exact) mass is 283 g/mol. The molecule has 1 fully saturated rings. The summed E-state index contributed by atoms with van der Waals surface area (Å²) in [6.07, 6.45) is 2.42. The lowest BCUT2D eigenvalue weighted by Crippen LogP contribution is -2.21. The maximum atomic E-state index is 6.24. The summed E-state index contributed by atoms with van der Waals surface area (Å²) in [6.45, 7) is 6.51. The molecule has 4 heteroatoms. The molecule has 1 unspecified atom stereocenters. The number of ether oxygens (including phenoxy) is 2. The summed E-state index contributed by atoms with van der Waals surface area (Å²) in [6, 6.07) is 6.41. The van der Waals surface area contributed by atoms with Crippen LogP contribution in [0.4, 0.5) is 0 Å². The van der Waals surface area contributed by atoms with Gasteiger partial charge in [-0.1, -0.05) is 31.5 Å². The van der Waals surface area contributed by atoms with Gasteiger partial charge in [-0.25, -0.2) is 0 Å². The molecule has 1 aliphatic heterocycles. The molecule has 1 atom stereocenters. The van der Waals surface area contributed by atoms with Crippen molar-refractivity contribution in [1.82, 2.24) is 5.32 Å². The molecule has 3 nitrogen and oxygen atoms in total. The van der Waals surface area contributed by atoms with Gasteiger partial charge < -0.3 is 14.8 Å². The number of benzene rings is 1. The fourth-order valence-corrected chi connectivity index (χ4v) is 2.31. The molecule has 1 aromatic rings. The van der Waals surface area contributed by atoms with Crippen LogP contribution in [0, 0.1) is 0 Å². The molecule has 106 valence electrons. The molecule has 0 aromatic heterocycles. The van der Waals surface area contributed by atoms with Crippen LogP contribution in [0.25, 0.3) is 0 Å². The second-order valence-corrected chi connectivity index (χ2v) is 5.65. The number of rotatable bonds is 6. The van der Waals surface area contributed by atoms with Gasteiger partial charge in [-0.2, -0.15) is 0 Å². The second kappa shape index (κ2) is 7.13. The van der Waals surface area contributed by atoms with E-state index in [0.717, 1.165) is 31.7 Å².